The minimum Gasteiger partial charge on any atom is -0.497 e. The highest BCUT2D eigenvalue weighted by molar-refractivity contribution is 6.03. The third-order valence-corrected chi connectivity index (χ3v) is 7.55. The van der Waals surface area contributed by atoms with Gasteiger partial charge in [0.2, 0.25) is 0 Å². The van der Waals surface area contributed by atoms with Crippen LogP contribution in [0.25, 0.3) is 11.1 Å². The van der Waals surface area contributed by atoms with E-state index in [0.29, 0.717) is 0 Å². The summed E-state index contributed by atoms with van der Waals surface area (Å²) in [5.41, 5.74) is 9.90. The number of hydrogen-bond donors (Lipinski definition) is 0. The second kappa shape index (κ2) is 8.72. The number of fused-ring (bicyclic) bond motifs is 4. The zero-order valence-corrected chi connectivity index (χ0v) is 19.3. The summed E-state index contributed by atoms with van der Waals surface area (Å²) in [4.78, 5) is 2.49. The lowest BCUT2D eigenvalue weighted by atomic mass is 9.80. The van der Waals surface area contributed by atoms with E-state index >= 15 is 0 Å². The van der Waals surface area contributed by atoms with Crippen molar-refractivity contribution in [3.63, 3.8) is 0 Å². The number of methoxy groups -OCH3 is 1. The molecular weight excluding hydrogens is 406 g/mol. The lowest BCUT2D eigenvalue weighted by Gasteiger charge is -2.24. The third kappa shape index (κ3) is 3.75. The topological polar surface area (TPSA) is 21.7 Å². The Labute approximate surface area is 196 Å². The van der Waals surface area contributed by atoms with Crippen LogP contribution in [0.2, 0.25) is 0 Å². The summed E-state index contributed by atoms with van der Waals surface area (Å²) < 4.78 is 11.7. The molecule has 168 valence electrons. The fraction of sp³-hybridized carbons (Fsp3) is 0.333. The van der Waals surface area contributed by atoms with Gasteiger partial charge in [0.1, 0.15) is 18.1 Å². The summed E-state index contributed by atoms with van der Waals surface area (Å²) in [7, 11) is 1.75. The predicted octanol–water partition coefficient (Wildman–Crippen LogP) is 6.17. The summed E-state index contributed by atoms with van der Waals surface area (Å²) in [5.74, 6) is 2.15. The van der Waals surface area contributed by atoms with E-state index < -0.39 is 0 Å². The van der Waals surface area contributed by atoms with Crippen LogP contribution in [0.3, 0.4) is 0 Å². The molecule has 33 heavy (non-hydrogen) atoms. The Kier molecular flexibility index (Phi) is 5.43. The van der Waals surface area contributed by atoms with E-state index in [9.17, 15) is 0 Å². The molecule has 0 bridgehead atoms. The van der Waals surface area contributed by atoms with Gasteiger partial charge in [-0.1, -0.05) is 42.5 Å². The minimum atomic E-state index is 0.251. The van der Waals surface area contributed by atoms with Gasteiger partial charge in [-0.05, 0) is 102 Å². The monoisotopic (exact) mass is 437 g/mol. The average Bonchev–Trinajstić information content (AvgIpc) is 3.50. The van der Waals surface area contributed by atoms with Crippen molar-refractivity contribution in [1.82, 2.24) is 4.90 Å². The highest BCUT2D eigenvalue weighted by atomic mass is 16.5. The number of likely N-dealkylation sites (tertiary alicyclic amines) is 1. The predicted molar refractivity (Wildman–Crippen MR) is 134 cm³/mol. The van der Waals surface area contributed by atoms with Crippen molar-refractivity contribution in [1.29, 1.82) is 0 Å². The maximum Gasteiger partial charge on any atom is 0.119 e. The zero-order chi connectivity index (χ0) is 22.2. The van der Waals surface area contributed by atoms with Gasteiger partial charge in [0.25, 0.3) is 0 Å². The van der Waals surface area contributed by atoms with Crippen molar-refractivity contribution in [2.75, 3.05) is 33.4 Å². The lowest BCUT2D eigenvalue weighted by Crippen LogP contribution is -2.25. The standard InChI is InChI=1S/C30H31NO2/c1-32-24-13-15-26-28(20-24)27-14-10-21-6-2-3-7-25(21)30(27)29(26)22-8-11-23(12-9-22)33-19-18-31-16-4-5-17-31/h2-3,6-9,11-13,15,20,29H,4-5,10,14,16-19H2,1H3. The summed E-state index contributed by atoms with van der Waals surface area (Å²) in [6.45, 7) is 4.21. The van der Waals surface area contributed by atoms with Crippen LogP contribution in [0.5, 0.6) is 11.5 Å². The lowest BCUT2D eigenvalue weighted by molar-refractivity contribution is 0.238. The van der Waals surface area contributed by atoms with E-state index in [1.54, 1.807) is 7.11 Å². The molecule has 1 saturated heterocycles. The van der Waals surface area contributed by atoms with E-state index in [2.05, 4.69) is 71.6 Å². The number of aryl methyl sites for hydroxylation is 1. The molecule has 1 atom stereocenters. The molecule has 0 amide bonds. The van der Waals surface area contributed by atoms with Gasteiger partial charge in [-0.3, -0.25) is 4.90 Å². The van der Waals surface area contributed by atoms with Crippen LogP contribution in [0.15, 0.2) is 66.7 Å². The summed E-state index contributed by atoms with van der Waals surface area (Å²) in [6.07, 6.45) is 4.83. The van der Waals surface area contributed by atoms with Crippen molar-refractivity contribution in [3.05, 3.63) is 94.5 Å². The molecule has 3 heteroatoms. The van der Waals surface area contributed by atoms with E-state index in [-0.39, 0.29) is 5.92 Å². The Morgan fingerprint density at radius 2 is 1.64 bits per heavy atom. The van der Waals surface area contributed by atoms with Gasteiger partial charge in [0.05, 0.1) is 7.11 Å². The maximum atomic E-state index is 6.08. The average molecular weight is 438 g/mol. The Hall–Kier alpha value is -3.04. The van der Waals surface area contributed by atoms with E-state index in [1.807, 2.05) is 0 Å². The first-order chi connectivity index (χ1) is 16.3. The highest BCUT2D eigenvalue weighted by Crippen LogP contribution is 2.54. The van der Waals surface area contributed by atoms with Gasteiger partial charge >= 0.3 is 0 Å². The molecule has 0 spiro atoms. The third-order valence-electron chi connectivity index (χ3n) is 7.55. The van der Waals surface area contributed by atoms with Crippen molar-refractivity contribution in [2.24, 2.45) is 0 Å². The van der Waals surface area contributed by atoms with Crippen molar-refractivity contribution >= 4 is 11.1 Å². The normalized spacial score (nSPS) is 19.2. The van der Waals surface area contributed by atoms with Gasteiger partial charge in [0, 0.05) is 12.5 Å². The van der Waals surface area contributed by atoms with Crippen LogP contribution in [-0.4, -0.2) is 38.3 Å². The molecule has 0 radical (unpaired) electrons. The Balaban J connectivity index is 1.32. The SMILES string of the molecule is COc1ccc2c(c1)C1=C(c3ccccc3CC1)C2c1ccc(OCCN2CCCC2)cc1. The Morgan fingerprint density at radius 1 is 0.848 bits per heavy atom. The van der Waals surface area contributed by atoms with Crippen LogP contribution >= 0.6 is 0 Å². The molecule has 0 N–H and O–H groups in total. The van der Waals surface area contributed by atoms with Crippen LogP contribution in [0, 0.1) is 0 Å². The second-order valence-corrected chi connectivity index (χ2v) is 9.40. The molecule has 1 heterocycles. The number of allylic oxidation sites excluding steroid dienone is 2. The molecule has 3 aromatic carbocycles. The zero-order valence-electron chi connectivity index (χ0n) is 19.3. The first-order valence-electron chi connectivity index (χ1n) is 12.3. The number of benzene rings is 3. The summed E-state index contributed by atoms with van der Waals surface area (Å²) in [6, 6.07) is 24.3. The molecule has 3 aromatic rings. The van der Waals surface area contributed by atoms with Crippen molar-refractivity contribution in [2.45, 2.75) is 31.6 Å². The number of nitrogens with zero attached hydrogens (tertiary/aromatic N) is 1. The van der Waals surface area contributed by atoms with E-state index in [4.69, 9.17) is 9.47 Å². The quantitative estimate of drug-likeness (QED) is 0.460. The Morgan fingerprint density at radius 3 is 2.45 bits per heavy atom. The van der Waals surface area contributed by atoms with Crippen LogP contribution in [-0.2, 0) is 6.42 Å². The first-order valence-corrected chi connectivity index (χ1v) is 12.3. The molecule has 3 nitrogen and oxygen atoms in total. The van der Waals surface area contributed by atoms with Gasteiger partial charge in [-0.2, -0.15) is 0 Å². The molecule has 0 saturated carbocycles. The van der Waals surface area contributed by atoms with Crippen LogP contribution < -0.4 is 9.47 Å². The second-order valence-electron chi connectivity index (χ2n) is 9.40. The molecule has 6 rings (SSSR count). The van der Waals surface area contributed by atoms with Gasteiger partial charge in [0.15, 0.2) is 0 Å². The van der Waals surface area contributed by atoms with Gasteiger partial charge in [-0.15, -0.1) is 0 Å². The van der Waals surface area contributed by atoms with Crippen LogP contribution in [0.1, 0.15) is 53.0 Å². The van der Waals surface area contributed by atoms with Crippen molar-refractivity contribution < 1.29 is 9.47 Å². The van der Waals surface area contributed by atoms with Crippen molar-refractivity contribution in [3.8, 4) is 11.5 Å². The fourth-order valence-corrected chi connectivity index (χ4v) is 5.90. The minimum absolute atomic E-state index is 0.251. The number of ether oxygens (including phenoxy) is 2. The highest BCUT2D eigenvalue weighted by Gasteiger charge is 2.36. The summed E-state index contributed by atoms with van der Waals surface area (Å²) in [5, 5.41) is 0. The smallest absolute Gasteiger partial charge is 0.119 e. The van der Waals surface area contributed by atoms with E-state index in [0.717, 1.165) is 37.5 Å². The molecule has 1 unspecified atom stereocenters. The maximum absolute atomic E-state index is 6.08. The molecule has 3 aliphatic rings. The van der Waals surface area contributed by atoms with Gasteiger partial charge < -0.3 is 9.47 Å². The molecule has 1 fully saturated rings. The summed E-state index contributed by atoms with van der Waals surface area (Å²) >= 11 is 0. The molecular formula is C30H31NO2. The molecule has 2 aliphatic carbocycles. The van der Waals surface area contributed by atoms with Crippen LogP contribution in [0.4, 0.5) is 0 Å². The largest absolute Gasteiger partial charge is 0.497 e. The fourth-order valence-electron chi connectivity index (χ4n) is 5.90. The first kappa shape index (κ1) is 20.6. The molecule has 1 aliphatic heterocycles. The number of rotatable bonds is 6. The number of hydrogen-bond acceptors (Lipinski definition) is 3. The molecule has 0 aromatic heterocycles. The Bertz CT molecular complexity index is 1190. The van der Waals surface area contributed by atoms with E-state index in [1.165, 1.54) is 64.9 Å². The van der Waals surface area contributed by atoms with Gasteiger partial charge in [-0.25, -0.2) is 0 Å².